The lowest BCUT2D eigenvalue weighted by atomic mass is 10.2. The van der Waals surface area contributed by atoms with Gasteiger partial charge in [-0.25, -0.2) is 0 Å². The topological polar surface area (TPSA) is 62.7 Å². The molecule has 3 atom stereocenters. The second-order valence-electron chi connectivity index (χ2n) is 6.64. The fourth-order valence-corrected chi connectivity index (χ4v) is 3.70. The normalized spacial score (nSPS) is 25.2. The second kappa shape index (κ2) is 6.24. The Labute approximate surface area is 140 Å². The third-order valence-electron chi connectivity index (χ3n) is 5.00. The van der Waals surface area contributed by atoms with Crippen molar-refractivity contribution in [2.24, 2.45) is 17.8 Å². The fraction of sp³-hybridized carbons (Fsp3) is 0.368. The molecule has 124 valence electrons. The number of hydrogen-bond donors (Lipinski definition) is 1. The summed E-state index contributed by atoms with van der Waals surface area (Å²) in [5.41, 5.74) is 2.14. The predicted molar refractivity (Wildman–Crippen MR) is 88.4 cm³/mol. The molecule has 5 nitrogen and oxygen atoms in total. The number of carbonyl (C=O) groups is 1. The SMILES string of the molecule is O=C(O)C1[C@H]2CN(Cc3ccc(OCc4ccccn4)cc3)C[C@@H]12. The number of hydrogen-bond acceptors (Lipinski definition) is 4. The first-order chi connectivity index (χ1) is 11.7. The summed E-state index contributed by atoms with van der Waals surface area (Å²) in [6.45, 7) is 3.14. The Kier molecular flexibility index (Phi) is 3.94. The number of carboxylic acids is 1. The second-order valence-corrected chi connectivity index (χ2v) is 6.64. The highest BCUT2D eigenvalue weighted by Gasteiger charge is 2.59. The van der Waals surface area contributed by atoms with Crippen LogP contribution in [0.1, 0.15) is 11.3 Å². The summed E-state index contributed by atoms with van der Waals surface area (Å²) in [7, 11) is 0. The van der Waals surface area contributed by atoms with Crippen LogP contribution >= 0.6 is 0 Å². The first-order valence-electron chi connectivity index (χ1n) is 8.27. The monoisotopic (exact) mass is 324 g/mol. The number of ether oxygens (including phenoxy) is 1. The molecule has 1 aliphatic heterocycles. The lowest BCUT2D eigenvalue weighted by Crippen LogP contribution is -2.25. The molecular formula is C19H20N2O3. The molecule has 2 fully saturated rings. The van der Waals surface area contributed by atoms with Crippen molar-refractivity contribution in [3.8, 4) is 5.75 Å². The van der Waals surface area contributed by atoms with E-state index in [0.29, 0.717) is 18.4 Å². The minimum Gasteiger partial charge on any atom is -0.487 e. The Hall–Kier alpha value is -2.40. The molecule has 0 radical (unpaired) electrons. The molecule has 1 N–H and O–H groups in total. The van der Waals surface area contributed by atoms with E-state index in [0.717, 1.165) is 31.1 Å². The van der Waals surface area contributed by atoms with Gasteiger partial charge in [-0.05, 0) is 41.7 Å². The molecule has 1 unspecified atom stereocenters. The molecule has 5 heteroatoms. The van der Waals surface area contributed by atoms with Crippen molar-refractivity contribution in [3.05, 3.63) is 59.9 Å². The molecule has 1 saturated heterocycles. The van der Waals surface area contributed by atoms with Gasteiger partial charge in [0.25, 0.3) is 0 Å². The van der Waals surface area contributed by atoms with Crippen molar-refractivity contribution in [3.63, 3.8) is 0 Å². The summed E-state index contributed by atoms with van der Waals surface area (Å²) in [5, 5.41) is 9.06. The zero-order valence-electron chi connectivity index (χ0n) is 13.3. The maximum atomic E-state index is 11.0. The molecule has 2 aliphatic rings. The minimum absolute atomic E-state index is 0.0939. The Morgan fingerprint density at radius 3 is 2.54 bits per heavy atom. The van der Waals surface area contributed by atoms with Crippen LogP contribution < -0.4 is 4.74 Å². The predicted octanol–water partition coefficient (Wildman–Crippen LogP) is 2.42. The van der Waals surface area contributed by atoms with Gasteiger partial charge in [-0.2, -0.15) is 0 Å². The van der Waals surface area contributed by atoms with Crippen LogP contribution in [0.3, 0.4) is 0 Å². The number of fused-ring (bicyclic) bond motifs is 1. The summed E-state index contributed by atoms with van der Waals surface area (Å²) in [6, 6.07) is 13.9. The van der Waals surface area contributed by atoms with Gasteiger partial charge in [0.15, 0.2) is 0 Å². The first-order valence-corrected chi connectivity index (χ1v) is 8.27. The molecule has 1 aromatic carbocycles. The van der Waals surface area contributed by atoms with Crippen LogP contribution in [-0.2, 0) is 17.9 Å². The Balaban J connectivity index is 1.27. The van der Waals surface area contributed by atoms with Crippen LogP contribution in [-0.4, -0.2) is 34.0 Å². The zero-order chi connectivity index (χ0) is 16.5. The molecule has 1 saturated carbocycles. The van der Waals surface area contributed by atoms with Gasteiger partial charge in [-0.3, -0.25) is 14.7 Å². The Morgan fingerprint density at radius 2 is 1.92 bits per heavy atom. The van der Waals surface area contributed by atoms with Crippen molar-refractivity contribution in [2.75, 3.05) is 13.1 Å². The lowest BCUT2D eigenvalue weighted by Gasteiger charge is -2.18. The van der Waals surface area contributed by atoms with Crippen LogP contribution in [0.4, 0.5) is 0 Å². The molecule has 1 aromatic heterocycles. The Bertz CT molecular complexity index is 705. The molecule has 24 heavy (non-hydrogen) atoms. The average Bonchev–Trinajstić information content (AvgIpc) is 3.12. The number of carboxylic acid groups (broad SMARTS) is 1. The van der Waals surface area contributed by atoms with Crippen LogP contribution in [0.5, 0.6) is 5.75 Å². The van der Waals surface area contributed by atoms with Gasteiger partial charge in [-0.15, -0.1) is 0 Å². The number of benzene rings is 1. The standard InChI is InChI=1S/C19H20N2O3/c22-19(23)18-16-10-21(11-17(16)18)9-13-4-6-15(7-5-13)24-12-14-3-1-2-8-20-14/h1-8,16-18H,9-12H2,(H,22,23)/t16-,17+,18?. The molecule has 0 spiro atoms. The highest BCUT2D eigenvalue weighted by Crippen LogP contribution is 2.51. The maximum absolute atomic E-state index is 11.0. The van der Waals surface area contributed by atoms with Crippen LogP contribution in [0.25, 0.3) is 0 Å². The van der Waals surface area contributed by atoms with E-state index in [-0.39, 0.29) is 5.92 Å². The number of aliphatic carboxylic acids is 1. The number of likely N-dealkylation sites (tertiary alicyclic amines) is 1. The van der Waals surface area contributed by atoms with Crippen LogP contribution in [0.2, 0.25) is 0 Å². The van der Waals surface area contributed by atoms with Gasteiger partial charge < -0.3 is 9.84 Å². The van der Waals surface area contributed by atoms with Crippen molar-refractivity contribution < 1.29 is 14.6 Å². The Morgan fingerprint density at radius 1 is 1.17 bits per heavy atom. The molecule has 0 amide bonds. The van der Waals surface area contributed by atoms with E-state index in [1.807, 2.05) is 30.3 Å². The summed E-state index contributed by atoms with van der Waals surface area (Å²) in [6.07, 6.45) is 1.76. The third-order valence-corrected chi connectivity index (χ3v) is 5.00. The first kappa shape index (κ1) is 15.1. The van der Waals surface area contributed by atoms with Crippen molar-refractivity contribution in [2.45, 2.75) is 13.2 Å². The quantitative estimate of drug-likeness (QED) is 0.884. The highest BCUT2D eigenvalue weighted by molar-refractivity contribution is 5.74. The van der Waals surface area contributed by atoms with Gasteiger partial charge in [0, 0.05) is 25.8 Å². The number of piperidine rings is 1. The maximum Gasteiger partial charge on any atom is 0.307 e. The fourth-order valence-electron chi connectivity index (χ4n) is 3.70. The lowest BCUT2D eigenvalue weighted by molar-refractivity contribution is -0.139. The number of nitrogens with zero attached hydrogens (tertiary/aromatic N) is 2. The van der Waals surface area contributed by atoms with Gasteiger partial charge in [0.2, 0.25) is 0 Å². The number of aromatic nitrogens is 1. The van der Waals surface area contributed by atoms with Gasteiger partial charge in [0.1, 0.15) is 12.4 Å². The smallest absolute Gasteiger partial charge is 0.307 e. The number of rotatable bonds is 6. The molecule has 1 aliphatic carbocycles. The van der Waals surface area contributed by atoms with E-state index in [9.17, 15) is 4.79 Å². The van der Waals surface area contributed by atoms with Crippen molar-refractivity contribution >= 4 is 5.97 Å². The summed E-state index contributed by atoms with van der Waals surface area (Å²) in [5.74, 6) is 0.842. The summed E-state index contributed by atoms with van der Waals surface area (Å²) >= 11 is 0. The van der Waals surface area contributed by atoms with Gasteiger partial charge >= 0.3 is 5.97 Å². The minimum atomic E-state index is -0.626. The highest BCUT2D eigenvalue weighted by atomic mass is 16.5. The molecule has 2 heterocycles. The zero-order valence-corrected chi connectivity index (χ0v) is 13.3. The van der Waals surface area contributed by atoms with E-state index >= 15 is 0 Å². The molecular weight excluding hydrogens is 304 g/mol. The van der Waals surface area contributed by atoms with E-state index in [2.05, 4.69) is 22.0 Å². The van der Waals surface area contributed by atoms with E-state index < -0.39 is 5.97 Å². The van der Waals surface area contributed by atoms with Crippen LogP contribution in [0, 0.1) is 17.8 Å². The van der Waals surface area contributed by atoms with Gasteiger partial charge in [-0.1, -0.05) is 18.2 Å². The van der Waals surface area contributed by atoms with Gasteiger partial charge in [0.05, 0.1) is 11.6 Å². The van der Waals surface area contributed by atoms with E-state index in [4.69, 9.17) is 9.84 Å². The molecule has 4 rings (SSSR count). The van der Waals surface area contributed by atoms with E-state index in [1.165, 1.54) is 5.56 Å². The third kappa shape index (κ3) is 3.12. The van der Waals surface area contributed by atoms with E-state index in [1.54, 1.807) is 6.20 Å². The summed E-state index contributed by atoms with van der Waals surface area (Å²) < 4.78 is 5.74. The van der Waals surface area contributed by atoms with Crippen molar-refractivity contribution in [1.82, 2.24) is 9.88 Å². The number of pyridine rings is 1. The average molecular weight is 324 g/mol. The van der Waals surface area contributed by atoms with Crippen LogP contribution in [0.15, 0.2) is 48.7 Å². The van der Waals surface area contributed by atoms with Crippen molar-refractivity contribution in [1.29, 1.82) is 0 Å². The molecule has 2 aromatic rings. The molecule has 0 bridgehead atoms. The summed E-state index contributed by atoms with van der Waals surface area (Å²) in [4.78, 5) is 17.6. The largest absolute Gasteiger partial charge is 0.487 e.